The van der Waals surface area contributed by atoms with Gasteiger partial charge in [-0.05, 0) is 0 Å². The van der Waals surface area contributed by atoms with Crippen LogP contribution in [0.5, 0.6) is 0 Å². The summed E-state index contributed by atoms with van der Waals surface area (Å²) in [5.74, 6) is -0.151. The van der Waals surface area contributed by atoms with Crippen LogP contribution in [0.3, 0.4) is 0 Å². The first-order chi connectivity index (χ1) is 7.19. The van der Waals surface area contributed by atoms with Crippen molar-refractivity contribution in [2.24, 2.45) is 10.9 Å². The molecule has 15 heavy (non-hydrogen) atoms. The fraction of sp³-hybridized carbons (Fsp3) is 0.750. The lowest BCUT2D eigenvalue weighted by Crippen LogP contribution is -2.51. The molecule has 86 valence electrons. The van der Waals surface area contributed by atoms with Gasteiger partial charge in [-0.25, -0.2) is 0 Å². The van der Waals surface area contributed by atoms with Gasteiger partial charge in [0.15, 0.2) is 5.84 Å². The maximum Gasteiger partial charge on any atom is 0.248 e. The van der Waals surface area contributed by atoms with Crippen LogP contribution in [-0.4, -0.2) is 61.4 Å². The van der Waals surface area contributed by atoms with Crippen LogP contribution in [0.1, 0.15) is 0 Å². The maximum atomic E-state index is 11.5. The summed E-state index contributed by atoms with van der Waals surface area (Å²) in [6, 6.07) is 0. The SMILES string of the molecule is COCC(=O)N1CCOC(C(N)=NO)C1. The van der Waals surface area contributed by atoms with Gasteiger partial charge in [0.25, 0.3) is 0 Å². The van der Waals surface area contributed by atoms with Crippen molar-refractivity contribution in [2.45, 2.75) is 6.10 Å². The summed E-state index contributed by atoms with van der Waals surface area (Å²) in [6.07, 6.45) is -0.537. The predicted molar refractivity (Wildman–Crippen MR) is 51.6 cm³/mol. The van der Waals surface area contributed by atoms with Crippen LogP contribution in [0.2, 0.25) is 0 Å². The Labute approximate surface area is 87.4 Å². The second-order valence-electron chi connectivity index (χ2n) is 3.16. The minimum absolute atomic E-state index is 0.0232. The van der Waals surface area contributed by atoms with Crippen LogP contribution in [0, 0.1) is 0 Å². The highest BCUT2D eigenvalue weighted by molar-refractivity contribution is 5.86. The van der Waals surface area contributed by atoms with E-state index in [1.54, 1.807) is 4.90 Å². The van der Waals surface area contributed by atoms with Crippen LogP contribution < -0.4 is 5.73 Å². The van der Waals surface area contributed by atoms with Crippen LogP contribution in [0.4, 0.5) is 0 Å². The molecule has 0 radical (unpaired) electrons. The van der Waals surface area contributed by atoms with Gasteiger partial charge in [-0.15, -0.1) is 0 Å². The Balaban J connectivity index is 2.52. The second-order valence-corrected chi connectivity index (χ2v) is 3.16. The van der Waals surface area contributed by atoms with Gasteiger partial charge in [0, 0.05) is 13.7 Å². The maximum absolute atomic E-state index is 11.5. The van der Waals surface area contributed by atoms with Crippen molar-refractivity contribution in [1.29, 1.82) is 0 Å². The first-order valence-electron chi connectivity index (χ1n) is 4.54. The zero-order valence-electron chi connectivity index (χ0n) is 8.55. The van der Waals surface area contributed by atoms with Crippen molar-refractivity contribution in [3.05, 3.63) is 0 Å². The van der Waals surface area contributed by atoms with E-state index in [4.69, 9.17) is 20.4 Å². The quantitative estimate of drug-likeness (QED) is 0.262. The molecule has 1 amide bonds. The number of nitrogens with zero attached hydrogens (tertiary/aromatic N) is 2. The third-order valence-corrected chi connectivity index (χ3v) is 2.13. The Morgan fingerprint density at radius 1 is 1.80 bits per heavy atom. The van der Waals surface area contributed by atoms with Gasteiger partial charge in [-0.3, -0.25) is 4.79 Å². The van der Waals surface area contributed by atoms with E-state index < -0.39 is 6.10 Å². The largest absolute Gasteiger partial charge is 0.409 e. The highest BCUT2D eigenvalue weighted by atomic mass is 16.5. The Morgan fingerprint density at radius 2 is 2.53 bits per heavy atom. The average molecular weight is 217 g/mol. The van der Waals surface area contributed by atoms with E-state index >= 15 is 0 Å². The van der Waals surface area contributed by atoms with E-state index in [2.05, 4.69) is 5.16 Å². The highest BCUT2D eigenvalue weighted by Gasteiger charge is 2.26. The zero-order valence-corrected chi connectivity index (χ0v) is 8.55. The molecule has 1 unspecified atom stereocenters. The molecule has 7 nitrogen and oxygen atoms in total. The molecule has 1 saturated heterocycles. The number of nitrogens with two attached hydrogens (primary N) is 1. The molecular formula is C8H15N3O4. The summed E-state index contributed by atoms with van der Waals surface area (Å²) >= 11 is 0. The minimum Gasteiger partial charge on any atom is -0.409 e. The van der Waals surface area contributed by atoms with Crippen molar-refractivity contribution in [3.63, 3.8) is 0 Å². The van der Waals surface area contributed by atoms with Gasteiger partial charge in [0.05, 0.1) is 13.2 Å². The van der Waals surface area contributed by atoms with Crippen molar-refractivity contribution >= 4 is 11.7 Å². The Morgan fingerprint density at radius 3 is 3.13 bits per heavy atom. The fourth-order valence-corrected chi connectivity index (χ4v) is 1.33. The van der Waals surface area contributed by atoms with E-state index in [9.17, 15) is 4.79 Å². The summed E-state index contributed by atoms with van der Waals surface area (Å²) in [4.78, 5) is 13.0. The van der Waals surface area contributed by atoms with Crippen LogP contribution in [0.25, 0.3) is 0 Å². The third kappa shape index (κ3) is 3.07. The van der Waals surface area contributed by atoms with Gasteiger partial charge in [0.2, 0.25) is 5.91 Å². The van der Waals surface area contributed by atoms with E-state index in [0.29, 0.717) is 13.2 Å². The van der Waals surface area contributed by atoms with Crippen molar-refractivity contribution in [2.75, 3.05) is 33.4 Å². The molecule has 7 heteroatoms. The summed E-state index contributed by atoms with van der Waals surface area (Å²) in [7, 11) is 1.46. The highest BCUT2D eigenvalue weighted by Crippen LogP contribution is 2.05. The van der Waals surface area contributed by atoms with Gasteiger partial charge < -0.3 is 25.3 Å². The summed E-state index contributed by atoms with van der Waals surface area (Å²) in [6.45, 7) is 1.19. The molecule has 0 bridgehead atoms. The first-order valence-corrected chi connectivity index (χ1v) is 4.54. The molecular weight excluding hydrogens is 202 g/mol. The van der Waals surface area contributed by atoms with Crippen LogP contribution in [-0.2, 0) is 14.3 Å². The number of amides is 1. The monoisotopic (exact) mass is 217 g/mol. The van der Waals surface area contributed by atoms with Crippen molar-refractivity contribution in [3.8, 4) is 0 Å². The lowest BCUT2D eigenvalue weighted by molar-refractivity contribution is -0.140. The lowest BCUT2D eigenvalue weighted by Gasteiger charge is -2.32. The zero-order chi connectivity index (χ0) is 11.3. The molecule has 1 rings (SSSR count). The molecule has 0 spiro atoms. The van der Waals surface area contributed by atoms with Crippen LogP contribution >= 0.6 is 0 Å². The van der Waals surface area contributed by atoms with E-state index in [0.717, 1.165) is 0 Å². The van der Waals surface area contributed by atoms with Gasteiger partial charge in [-0.2, -0.15) is 0 Å². The van der Waals surface area contributed by atoms with Crippen LogP contribution in [0.15, 0.2) is 5.16 Å². The van der Waals surface area contributed by atoms with E-state index in [1.165, 1.54) is 7.11 Å². The van der Waals surface area contributed by atoms with Gasteiger partial charge in [0.1, 0.15) is 12.7 Å². The Hall–Kier alpha value is -1.34. The standard InChI is InChI=1S/C8H15N3O4/c1-14-5-7(12)11-2-3-15-6(4-11)8(9)10-13/h6,13H,2-5H2,1H3,(H2,9,10). The molecule has 0 aromatic carbocycles. The summed E-state index contributed by atoms with van der Waals surface area (Å²) in [5, 5.41) is 11.3. The Bertz CT molecular complexity index is 256. The summed E-state index contributed by atoms with van der Waals surface area (Å²) in [5.41, 5.74) is 5.39. The normalized spacial score (nSPS) is 22.9. The second kappa shape index (κ2) is 5.52. The molecule has 3 N–H and O–H groups in total. The fourth-order valence-electron chi connectivity index (χ4n) is 1.33. The molecule has 1 aliphatic rings. The first kappa shape index (κ1) is 11.7. The smallest absolute Gasteiger partial charge is 0.248 e. The number of rotatable bonds is 3. The number of ether oxygens (including phenoxy) is 2. The topological polar surface area (TPSA) is 97.4 Å². The minimum atomic E-state index is -0.537. The van der Waals surface area contributed by atoms with Gasteiger partial charge >= 0.3 is 0 Å². The number of hydrogen-bond acceptors (Lipinski definition) is 5. The molecule has 1 aliphatic heterocycles. The van der Waals surface area contributed by atoms with Crippen molar-refractivity contribution in [1.82, 2.24) is 4.90 Å². The molecule has 0 aliphatic carbocycles. The lowest BCUT2D eigenvalue weighted by atomic mass is 10.2. The molecule has 0 aromatic heterocycles. The van der Waals surface area contributed by atoms with E-state index in [1.807, 2.05) is 0 Å². The predicted octanol–water partition coefficient (Wildman–Crippen LogP) is -1.39. The molecule has 0 saturated carbocycles. The van der Waals surface area contributed by atoms with E-state index in [-0.39, 0.29) is 24.9 Å². The number of carbonyl (C=O) groups is 1. The number of carbonyl (C=O) groups excluding carboxylic acids is 1. The number of morpholine rings is 1. The summed E-state index contributed by atoms with van der Waals surface area (Å²) < 4.78 is 9.97. The third-order valence-electron chi connectivity index (χ3n) is 2.13. The molecule has 1 atom stereocenters. The van der Waals surface area contributed by atoms with Crippen molar-refractivity contribution < 1.29 is 19.5 Å². The molecule has 1 fully saturated rings. The Kier molecular flexibility index (Phi) is 4.32. The molecule has 0 aromatic rings. The number of amidine groups is 1. The number of methoxy groups -OCH3 is 1. The molecule has 1 heterocycles. The average Bonchev–Trinajstić information content (AvgIpc) is 2.28. The number of oxime groups is 1. The number of hydrogen-bond donors (Lipinski definition) is 2. The van der Waals surface area contributed by atoms with Gasteiger partial charge in [-0.1, -0.05) is 5.16 Å².